The summed E-state index contributed by atoms with van der Waals surface area (Å²) in [4.78, 5) is 5.79. The maximum absolute atomic E-state index is 6.07. The number of hydrogen-bond donors (Lipinski definition) is 0. The second-order valence-electron chi connectivity index (χ2n) is 4.09. The highest BCUT2D eigenvalue weighted by Gasteiger charge is 2.11. The Hall–Kier alpha value is -0.550. The fourth-order valence-electron chi connectivity index (χ4n) is 2.02. The Bertz CT molecular complexity index is 735. The average Bonchev–Trinajstić information content (AvgIpc) is 2.94. The van der Waals surface area contributed by atoms with E-state index in [0.717, 1.165) is 27.2 Å². The third kappa shape index (κ3) is 2.68. The van der Waals surface area contributed by atoms with Gasteiger partial charge < -0.3 is 4.57 Å². The van der Waals surface area contributed by atoms with E-state index in [4.69, 9.17) is 23.2 Å². The molecule has 6 heteroatoms. The number of hydrogen-bond acceptors (Lipinski definition) is 2. The molecule has 0 radical (unpaired) electrons. The minimum absolute atomic E-state index is 0.388. The monoisotopic (exact) mass is 374 g/mol. The standard InChI is InChI=1S/C13H9BrCl2N2S/c14-12-4-2-9(19-12)7-18-11-5-8(16)1-3-10(11)17-13(18)6-15/h1-5H,6-7H2. The van der Waals surface area contributed by atoms with Crippen LogP contribution in [-0.2, 0) is 12.4 Å². The molecule has 0 aliphatic carbocycles. The predicted octanol–water partition coefficient (Wildman–Crippen LogP) is 5.30. The SMILES string of the molecule is ClCc1nc2ccc(Cl)cc2n1Cc1ccc(Br)s1. The molecule has 0 N–H and O–H groups in total. The molecule has 1 aromatic carbocycles. The zero-order chi connectivity index (χ0) is 13.4. The van der Waals surface area contributed by atoms with Gasteiger partial charge in [-0.15, -0.1) is 22.9 Å². The molecule has 0 saturated carbocycles. The van der Waals surface area contributed by atoms with E-state index in [2.05, 4.69) is 31.5 Å². The quantitative estimate of drug-likeness (QED) is 0.568. The molecule has 0 fully saturated rings. The zero-order valence-electron chi connectivity index (χ0n) is 9.74. The van der Waals surface area contributed by atoms with Crippen LogP contribution in [0.3, 0.4) is 0 Å². The predicted molar refractivity (Wildman–Crippen MR) is 85.4 cm³/mol. The maximum Gasteiger partial charge on any atom is 0.125 e. The molecule has 3 aromatic rings. The lowest BCUT2D eigenvalue weighted by Crippen LogP contribution is -2.02. The lowest BCUT2D eigenvalue weighted by molar-refractivity contribution is 0.789. The minimum atomic E-state index is 0.388. The second kappa shape index (κ2) is 5.44. The first-order chi connectivity index (χ1) is 9.17. The van der Waals surface area contributed by atoms with Crippen LogP contribution in [0.4, 0.5) is 0 Å². The van der Waals surface area contributed by atoms with Crippen LogP contribution < -0.4 is 0 Å². The summed E-state index contributed by atoms with van der Waals surface area (Å²) in [6, 6.07) is 9.85. The molecule has 0 atom stereocenters. The molecule has 3 rings (SSSR count). The van der Waals surface area contributed by atoms with Crippen molar-refractivity contribution in [2.45, 2.75) is 12.4 Å². The van der Waals surface area contributed by atoms with Crippen molar-refractivity contribution in [3.63, 3.8) is 0 Å². The minimum Gasteiger partial charge on any atom is -0.322 e. The molecule has 0 aliphatic rings. The van der Waals surface area contributed by atoms with Crippen LogP contribution in [0.1, 0.15) is 10.7 Å². The Morgan fingerprint density at radius 2 is 2.11 bits per heavy atom. The zero-order valence-corrected chi connectivity index (χ0v) is 13.7. The van der Waals surface area contributed by atoms with Gasteiger partial charge >= 0.3 is 0 Å². The van der Waals surface area contributed by atoms with Gasteiger partial charge in [0.25, 0.3) is 0 Å². The fraction of sp³-hybridized carbons (Fsp3) is 0.154. The Kier molecular flexibility index (Phi) is 3.85. The van der Waals surface area contributed by atoms with Crippen molar-refractivity contribution >= 4 is 61.5 Å². The van der Waals surface area contributed by atoms with E-state index in [1.807, 2.05) is 24.3 Å². The number of rotatable bonds is 3. The van der Waals surface area contributed by atoms with Crippen LogP contribution in [0.2, 0.25) is 5.02 Å². The topological polar surface area (TPSA) is 17.8 Å². The third-order valence-electron chi connectivity index (χ3n) is 2.85. The van der Waals surface area contributed by atoms with Crippen LogP contribution >= 0.6 is 50.5 Å². The summed E-state index contributed by atoms with van der Waals surface area (Å²) in [6.45, 7) is 0.759. The third-order valence-corrected chi connectivity index (χ3v) is 4.93. The number of imidazole rings is 1. The van der Waals surface area contributed by atoms with Crippen LogP contribution in [0.25, 0.3) is 11.0 Å². The van der Waals surface area contributed by atoms with Crippen molar-refractivity contribution in [2.75, 3.05) is 0 Å². The van der Waals surface area contributed by atoms with Gasteiger partial charge in [-0.1, -0.05) is 11.6 Å². The van der Waals surface area contributed by atoms with E-state index in [0.29, 0.717) is 10.9 Å². The number of nitrogens with zero attached hydrogens (tertiary/aromatic N) is 2. The molecule has 2 heterocycles. The van der Waals surface area contributed by atoms with Crippen molar-refractivity contribution < 1.29 is 0 Å². The molecule has 2 nitrogen and oxygen atoms in total. The molecule has 98 valence electrons. The summed E-state index contributed by atoms with van der Waals surface area (Å²) < 4.78 is 3.24. The van der Waals surface area contributed by atoms with E-state index >= 15 is 0 Å². The Morgan fingerprint density at radius 3 is 2.79 bits per heavy atom. The highest BCUT2D eigenvalue weighted by molar-refractivity contribution is 9.11. The van der Waals surface area contributed by atoms with E-state index in [9.17, 15) is 0 Å². The highest BCUT2D eigenvalue weighted by atomic mass is 79.9. The summed E-state index contributed by atoms with van der Waals surface area (Å²) in [5.41, 5.74) is 1.95. The van der Waals surface area contributed by atoms with Crippen molar-refractivity contribution in [2.24, 2.45) is 0 Å². The highest BCUT2D eigenvalue weighted by Crippen LogP contribution is 2.27. The van der Waals surface area contributed by atoms with Crippen LogP contribution in [0.15, 0.2) is 34.1 Å². The van der Waals surface area contributed by atoms with Crippen LogP contribution in [-0.4, -0.2) is 9.55 Å². The van der Waals surface area contributed by atoms with Crippen molar-refractivity contribution in [1.82, 2.24) is 9.55 Å². The smallest absolute Gasteiger partial charge is 0.125 e. The molecular weight excluding hydrogens is 367 g/mol. The molecule has 0 bridgehead atoms. The van der Waals surface area contributed by atoms with Crippen LogP contribution in [0, 0.1) is 0 Å². The van der Waals surface area contributed by atoms with Crippen molar-refractivity contribution in [3.05, 3.63) is 49.8 Å². The number of alkyl halides is 1. The maximum atomic E-state index is 6.07. The molecular formula is C13H9BrCl2N2S. The van der Waals surface area contributed by atoms with Crippen molar-refractivity contribution in [1.29, 1.82) is 0 Å². The van der Waals surface area contributed by atoms with Gasteiger partial charge in [-0.2, -0.15) is 0 Å². The fourth-order valence-corrected chi connectivity index (χ4v) is 3.86. The summed E-state index contributed by atoms with van der Waals surface area (Å²) >= 11 is 17.3. The van der Waals surface area contributed by atoms with Gasteiger partial charge in [-0.3, -0.25) is 0 Å². The molecule has 0 saturated heterocycles. The number of fused-ring (bicyclic) bond motifs is 1. The first-order valence-corrected chi connectivity index (χ1v) is 8.14. The molecule has 0 amide bonds. The lowest BCUT2D eigenvalue weighted by atomic mass is 10.3. The Morgan fingerprint density at radius 1 is 1.26 bits per heavy atom. The number of aromatic nitrogens is 2. The Balaban J connectivity index is 2.12. The lowest BCUT2D eigenvalue weighted by Gasteiger charge is -2.06. The van der Waals surface area contributed by atoms with Gasteiger partial charge in [0.05, 0.1) is 27.2 Å². The van der Waals surface area contributed by atoms with Gasteiger partial charge in [-0.05, 0) is 46.3 Å². The summed E-state index contributed by atoms with van der Waals surface area (Å²) in [7, 11) is 0. The van der Waals surface area contributed by atoms with E-state index < -0.39 is 0 Å². The van der Waals surface area contributed by atoms with E-state index in [1.165, 1.54) is 4.88 Å². The molecule has 0 unspecified atom stereocenters. The largest absolute Gasteiger partial charge is 0.322 e. The summed E-state index contributed by atoms with van der Waals surface area (Å²) in [5.74, 6) is 1.25. The number of halogens is 3. The summed E-state index contributed by atoms with van der Waals surface area (Å²) in [6.07, 6.45) is 0. The molecule has 0 aliphatic heterocycles. The van der Waals surface area contributed by atoms with E-state index in [1.54, 1.807) is 11.3 Å². The number of thiophene rings is 1. The first-order valence-electron chi connectivity index (χ1n) is 5.62. The number of benzene rings is 1. The molecule has 0 spiro atoms. The normalized spacial score (nSPS) is 11.3. The van der Waals surface area contributed by atoms with Gasteiger partial charge in [0.2, 0.25) is 0 Å². The van der Waals surface area contributed by atoms with Gasteiger partial charge in [-0.25, -0.2) is 4.98 Å². The van der Waals surface area contributed by atoms with Gasteiger partial charge in [0.1, 0.15) is 5.82 Å². The Labute approximate surface area is 133 Å². The van der Waals surface area contributed by atoms with Crippen molar-refractivity contribution in [3.8, 4) is 0 Å². The first kappa shape index (κ1) is 13.4. The van der Waals surface area contributed by atoms with E-state index in [-0.39, 0.29) is 0 Å². The van der Waals surface area contributed by atoms with Gasteiger partial charge in [0, 0.05) is 9.90 Å². The van der Waals surface area contributed by atoms with Gasteiger partial charge in [0.15, 0.2) is 0 Å². The average molecular weight is 376 g/mol. The molecule has 2 aromatic heterocycles. The van der Waals surface area contributed by atoms with Crippen LogP contribution in [0.5, 0.6) is 0 Å². The summed E-state index contributed by atoms with van der Waals surface area (Å²) in [5, 5.41) is 0.710. The molecule has 19 heavy (non-hydrogen) atoms. The second-order valence-corrected chi connectivity index (χ2v) is 7.34.